The summed E-state index contributed by atoms with van der Waals surface area (Å²) in [6.45, 7) is 9.05. The summed E-state index contributed by atoms with van der Waals surface area (Å²) < 4.78 is 0. The first-order valence-electron chi connectivity index (χ1n) is 8.01. The number of carbonyl (C=O) groups excluding carboxylic acids is 1. The van der Waals surface area contributed by atoms with Gasteiger partial charge < -0.3 is 10.6 Å². The summed E-state index contributed by atoms with van der Waals surface area (Å²) in [7, 11) is 0. The van der Waals surface area contributed by atoms with E-state index in [0.29, 0.717) is 5.92 Å². The quantitative estimate of drug-likeness (QED) is 0.928. The van der Waals surface area contributed by atoms with E-state index in [2.05, 4.69) is 32.9 Å². The van der Waals surface area contributed by atoms with Crippen LogP contribution in [-0.4, -0.2) is 30.4 Å². The van der Waals surface area contributed by atoms with Crippen molar-refractivity contribution in [1.29, 1.82) is 0 Å². The molecule has 2 N–H and O–H groups in total. The number of piperidine rings is 1. The highest BCUT2D eigenvalue weighted by Gasteiger charge is 2.23. The molecule has 0 aliphatic carbocycles. The number of carbonyl (C=O) groups is 1. The molecule has 1 aromatic rings. The summed E-state index contributed by atoms with van der Waals surface area (Å²) in [5.41, 5.74) is 7.81. The number of rotatable bonds is 3. The first-order valence-corrected chi connectivity index (χ1v) is 8.01. The molecular weight excluding hydrogens is 260 g/mol. The van der Waals surface area contributed by atoms with Gasteiger partial charge in [0.25, 0.3) is 5.91 Å². The number of amides is 1. The van der Waals surface area contributed by atoms with Crippen LogP contribution >= 0.6 is 0 Å². The molecule has 1 aliphatic heterocycles. The van der Waals surface area contributed by atoms with Crippen LogP contribution in [0.4, 0.5) is 0 Å². The molecule has 2 rings (SSSR count). The zero-order valence-electron chi connectivity index (χ0n) is 13.6. The van der Waals surface area contributed by atoms with Crippen LogP contribution in [0.25, 0.3) is 0 Å². The molecule has 3 heteroatoms. The maximum Gasteiger partial charge on any atom is 0.253 e. The first-order chi connectivity index (χ1) is 9.91. The Balaban J connectivity index is 1.98. The van der Waals surface area contributed by atoms with Gasteiger partial charge in [0.2, 0.25) is 0 Å². The van der Waals surface area contributed by atoms with Crippen LogP contribution in [0.5, 0.6) is 0 Å². The fraction of sp³-hybridized carbons (Fsp3) is 0.611. The molecule has 1 heterocycles. The standard InChI is InChI=1S/C18H28N2O/c1-18(2,3)16-6-4-15(5-7-16)17(21)20-12-9-14(8-11-19)10-13-20/h4-7,14H,8-13,19H2,1-3H3. The average molecular weight is 288 g/mol. The van der Waals surface area contributed by atoms with Crippen molar-refractivity contribution in [3.8, 4) is 0 Å². The van der Waals surface area contributed by atoms with Crippen molar-refractivity contribution in [1.82, 2.24) is 4.90 Å². The van der Waals surface area contributed by atoms with E-state index in [1.165, 1.54) is 5.56 Å². The highest BCUT2D eigenvalue weighted by molar-refractivity contribution is 5.94. The second-order valence-corrected chi connectivity index (χ2v) is 7.14. The van der Waals surface area contributed by atoms with Gasteiger partial charge in [-0.15, -0.1) is 0 Å². The first kappa shape index (κ1) is 16.0. The molecule has 0 spiro atoms. The molecule has 1 fully saturated rings. The lowest BCUT2D eigenvalue weighted by atomic mass is 9.86. The lowest BCUT2D eigenvalue weighted by molar-refractivity contribution is 0.0688. The van der Waals surface area contributed by atoms with Gasteiger partial charge in [0.1, 0.15) is 0 Å². The maximum atomic E-state index is 12.5. The van der Waals surface area contributed by atoms with Crippen LogP contribution < -0.4 is 5.73 Å². The Kier molecular flexibility index (Phi) is 5.04. The summed E-state index contributed by atoms with van der Waals surface area (Å²) in [6.07, 6.45) is 3.26. The topological polar surface area (TPSA) is 46.3 Å². The summed E-state index contributed by atoms with van der Waals surface area (Å²) in [5.74, 6) is 0.865. The normalized spacial score (nSPS) is 17.0. The average Bonchev–Trinajstić information content (AvgIpc) is 2.47. The van der Waals surface area contributed by atoms with Crippen molar-refractivity contribution in [3.05, 3.63) is 35.4 Å². The number of benzene rings is 1. The Morgan fingerprint density at radius 3 is 2.24 bits per heavy atom. The molecule has 1 saturated heterocycles. The van der Waals surface area contributed by atoms with Crippen molar-refractivity contribution in [2.45, 2.75) is 45.4 Å². The van der Waals surface area contributed by atoms with Gasteiger partial charge in [-0.3, -0.25) is 4.79 Å². The van der Waals surface area contributed by atoms with E-state index in [1.807, 2.05) is 17.0 Å². The van der Waals surface area contributed by atoms with Gasteiger partial charge in [-0.2, -0.15) is 0 Å². The highest BCUT2D eigenvalue weighted by Crippen LogP contribution is 2.24. The molecule has 0 atom stereocenters. The molecule has 0 aromatic heterocycles. The summed E-state index contributed by atoms with van der Waals surface area (Å²) >= 11 is 0. The monoisotopic (exact) mass is 288 g/mol. The smallest absolute Gasteiger partial charge is 0.253 e. The second kappa shape index (κ2) is 6.61. The van der Waals surface area contributed by atoms with E-state index in [1.54, 1.807) is 0 Å². The Hall–Kier alpha value is -1.35. The molecule has 1 aliphatic rings. The number of nitrogens with two attached hydrogens (primary N) is 1. The second-order valence-electron chi connectivity index (χ2n) is 7.14. The number of likely N-dealkylation sites (tertiary alicyclic amines) is 1. The van der Waals surface area contributed by atoms with Crippen molar-refractivity contribution in [2.75, 3.05) is 19.6 Å². The molecule has 3 nitrogen and oxygen atoms in total. The Morgan fingerprint density at radius 1 is 1.19 bits per heavy atom. The van der Waals surface area contributed by atoms with Crippen molar-refractivity contribution in [3.63, 3.8) is 0 Å². The molecule has 1 aromatic carbocycles. The molecule has 0 bridgehead atoms. The minimum Gasteiger partial charge on any atom is -0.339 e. The zero-order valence-corrected chi connectivity index (χ0v) is 13.6. The van der Waals surface area contributed by atoms with Crippen molar-refractivity contribution >= 4 is 5.91 Å². The Morgan fingerprint density at radius 2 is 1.76 bits per heavy atom. The third-order valence-electron chi connectivity index (χ3n) is 4.47. The van der Waals surface area contributed by atoms with E-state index < -0.39 is 0 Å². The van der Waals surface area contributed by atoms with Gasteiger partial charge in [-0.05, 0) is 54.8 Å². The fourth-order valence-corrected chi connectivity index (χ4v) is 2.96. The third-order valence-corrected chi connectivity index (χ3v) is 4.47. The minimum absolute atomic E-state index is 0.127. The fourth-order valence-electron chi connectivity index (χ4n) is 2.96. The Labute approximate surface area is 128 Å². The summed E-state index contributed by atoms with van der Waals surface area (Å²) in [5, 5.41) is 0. The van der Waals surface area contributed by atoms with Crippen LogP contribution in [0.3, 0.4) is 0 Å². The van der Waals surface area contributed by atoms with Crippen molar-refractivity contribution in [2.24, 2.45) is 11.7 Å². The predicted molar refractivity (Wildman–Crippen MR) is 87.4 cm³/mol. The van der Waals surface area contributed by atoms with Crippen LogP contribution in [0.1, 0.15) is 56.0 Å². The minimum atomic E-state index is 0.127. The largest absolute Gasteiger partial charge is 0.339 e. The van der Waals surface area contributed by atoms with Gasteiger partial charge in [-0.1, -0.05) is 32.9 Å². The SMILES string of the molecule is CC(C)(C)c1ccc(C(=O)N2CCC(CCN)CC2)cc1. The highest BCUT2D eigenvalue weighted by atomic mass is 16.2. The Bertz CT molecular complexity index is 465. The maximum absolute atomic E-state index is 12.5. The summed E-state index contributed by atoms with van der Waals surface area (Å²) in [6, 6.07) is 8.09. The third kappa shape index (κ3) is 4.07. The molecule has 0 radical (unpaired) electrons. The van der Waals surface area contributed by atoms with Crippen LogP contribution in [-0.2, 0) is 5.41 Å². The van der Waals surface area contributed by atoms with Gasteiger partial charge >= 0.3 is 0 Å². The van der Waals surface area contributed by atoms with Crippen LogP contribution in [0.2, 0.25) is 0 Å². The van der Waals surface area contributed by atoms with Crippen LogP contribution in [0.15, 0.2) is 24.3 Å². The van der Waals surface area contributed by atoms with Gasteiger partial charge in [0.15, 0.2) is 0 Å². The molecular formula is C18H28N2O. The lowest BCUT2D eigenvalue weighted by Crippen LogP contribution is -2.38. The van der Waals surface area contributed by atoms with E-state index in [4.69, 9.17) is 5.73 Å². The predicted octanol–water partition coefficient (Wildman–Crippen LogP) is 3.19. The van der Waals surface area contributed by atoms with Gasteiger partial charge in [0, 0.05) is 18.7 Å². The van der Waals surface area contributed by atoms with Crippen molar-refractivity contribution < 1.29 is 4.79 Å². The summed E-state index contributed by atoms with van der Waals surface area (Å²) in [4.78, 5) is 14.5. The van der Waals surface area contributed by atoms with Gasteiger partial charge in [-0.25, -0.2) is 0 Å². The van der Waals surface area contributed by atoms with E-state index >= 15 is 0 Å². The number of hydrogen-bond donors (Lipinski definition) is 1. The molecule has 0 unspecified atom stereocenters. The van der Waals surface area contributed by atoms with E-state index in [-0.39, 0.29) is 11.3 Å². The van der Waals surface area contributed by atoms with E-state index in [0.717, 1.165) is 44.5 Å². The molecule has 116 valence electrons. The number of nitrogens with zero attached hydrogens (tertiary/aromatic N) is 1. The van der Waals surface area contributed by atoms with Gasteiger partial charge in [0.05, 0.1) is 0 Å². The lowest BCUT2D eigenvalue weighted by Gasteiger charge is -2.32. The molecule has 21 heavy (non-hydrogen) atoms. The zero-order chi connectivity index (χ0) is 15.5. The van der Waals surface area contributed by atoms with E-state index in [9.17, 15) is 4.79 Å². The van der Waals surface area contributed by atoms with Crippen LogP contribution in [0, 0.1) is 5.92 Å². The molecule has 0 saturated carbocycles. The number of hydrogen-bond acceptors (Lipinski definition) is 2. The molecule has 1 amide bonds.